The van der Waals surface area contributed by atoms with Crippen molar-refractivity contribution < 1.29 is 9.53 Å². The number of halogens is 1. The van der Waals surface area contributed by atoms with E-state index in [1.165, 1.54) is 0 Å². The zero-order valence-corrected chi connectivity index (χ0v) is 18.2. The van der Waals surface area contributed by atoms with Crippen molar-refractivity contribution in [1.29, 1.82) is 0 Å². The molecule has 0 aliphatic heterocycles. The number of fused-ring (bicyclic) bond motifs is 2. The van der Waals surface area contributed by atoms with Crippen molar-refractivity contribution in [2.45, 2.75) is 6.92 Å². The van der Waals surface area contributed by atoms with Gasteiger partial charge in [0.25, 0.3) is 5.91 Å². The second-order valence-electron chi connectivity index (χ2n) is 7.48. The summed E-state index contributed by atoms with van der Waals surface area (Å²) in [6.07, 6.45) is 0. The molecule has 1 N–H and O–H groups in total. The average molecular weight is 443 g/mol. The number of anilines is 1. The molecule has 4 aromatic carbocycles. The number of hydrogen-bond donors (Lipinski definition) is 1. The standard InChI is InChI=1S/C25H19ClN4O2/c1-15-11-22-23(29-30(28-22)19-9-7-18(26)8-10-19)14-21(15)27-25(31)20-12-16-5-3-4-6-17(16)13-24(20)32-2/h3-14H,1-2H3,(H,27,31). The summed E-state index contributed by atoms with van der Waals surface area (Å²) < 4.78 is 5.48. The third-order valence-corrected chi connectivity index (χ3v) is 5.60. The van der Waals surface area contributed by atoms with Crippen molar-refractivity contribution >= 4 is 45.0 Å². The number of ether oxygens (including phenoxy) is 1. The Kier molecular flexibility index (Phi) is 4.99. The van der Waals surface area contributed by atoms with Crippen molar-refractivity contribution in [3.8, 4) is 11.4 Å². The molecule has 32 heavy (non-hydrogen) atoms. The summed E-state index contributed by atoms with van der Waals surface area (Å²) in [5.74, 6) is 0.272. The quantitative estimate of drug-likeness (QED) is 0.382. The van der Waals surface area contributed by atoms with Gasteiger partial charge in [0.15, 0.2) is 0 Å². The van der Waals surface area contributed by atoms with Gasteiger partial charge >= 0.3 is 0 Å². The van der Waals surface area contributed by atoms with Gasteiger partial charge in [-0.1, -0.05) is 35.9 Å². The summed E-state index contributed by atoms with van der Waals surface area (Å²) in [6, 6.07) is 22.6. The Hall–Kier alpha value is -3.90. The van der Waals surface area contributed by atoms with Gasteiger partial charge in [0, 0.05) is 10.7 Å². The molecular weight excluding hydrogens is 424 g/mol. The van der Waals surface area contributed by atoms with Gasteiger partial charge in [0.05, 0.1) is 18.4 Å². The van der Waals surface area contributed by atoms with Gasteiger partial charge in [-0.3, -0.25) is 4.79 Å². The van der Waals surface area contributed by atoms with Gasteiger partial charge in [-0.2, -0.15) is 4.80 Å². The minimum absolute atomic E-state index is 0.250. The molecule has 1 amide bonds. The largest absolute Gasteiger partial charge is 0.496 e. The van der Waals surface area contributed by atoms with Crippen LogP contribution in [0.25, 0.3) is 27.5 Å². The topological polar surface area (TPSA) is 69.0 Å². The Balaban J connectivity index is 1.49. The molecule has 0 bridgehead atoms. The van der Waals surface area contributed by atoms with E-state index in [1.807, 2.05) is 67.6 Å². The van der Waals surface area contributed by atoms with Crippen molar-refractivity contribution in [2.24, 2.45) is 0 Å². The highest BCUT2D eigenvalue weighted by Gasteiger charge is 2.16. The summed E-state index contributed by atoms with van der Waals surface area (Å²) in [7, 11) is 1.56. The summed E-state index contributed by atoms with van der Waals surface area (Å²) in [4.78, 5) is 14.7. The maximum Gasteiger partial charge on any atom is 0.259 e. The predicted octanol–water partition coefficient (Wildman–Crippen LogP) is 5.80. The van der Waals surface area contributed by atoms with Gasteiger partial charge in [0.1, 0.15) is 16.8 Å². The number of nitrogens with one attached hydrogen (secondary N) is 1. The van der Waals surface area contributed by atoms with Gasteiger partial charge in [0.2, 0.25) is 0 Å². The molecule has 6 nitrogen and oxygen atoms in total. The van der Waals surface area contributed by atoms with E-state index in [9.17, 15) is 4.79 Å². The van der Waals surface area contributed by atoms with Gasteiger partial charge < -0.3 is 10.1 Å². The second-order valence-corrected chi connectivity index (χ2v) is 7.91. The van der Waals surface area contributed by atoms with Crippen LogP contribution in [0.4, 0.5) is 5.69 Å². The lowest BCUT2D eigenvalue weighted by molar-refractivity contribution is 0.102. The molecule has 0 saturated carbocycles. The van der Waals surface area contributed by atoms with E-state index in [1.54, 1.807) is 24.0 Å². The Morgan fingerprint density at radius 2 is 1.59 bits per heavy atom. The Labute approximate surface area is 189 Å². The molecule has 1 aromatic heterocycles. The van der Waals surface area contributed by atoms with Gasteiger partial charge in [-0.05, 0) is 71.8 Å². The molecule has 158 valence electrons. The normalized spacial score (nSPS) is 11.1. The molecular formula is C25H19ClN4O2. The molecule has 0 fully saturated rings. The van der Waals surface area contributed by atoms with E-state index >= 15 is 0 Å². The number of benzene rings is 4. The number of nitrogens with zero attached hydrogens (tertiary/aromatic N) is 3. The molecule has 0 spiro atoms. The zero-order chi connectivity index (χ0) is 22.2. The fraction of sp³-hybridized carbons (Fsp3) is 0.0800. The van der Waals surface area contributed by atoms with E-state index in [-0.39, 0.29) is 5.91 Å². The first-order valence-electron chi connectivity index (χ1n) is 10.0. The van der Waals surface area contributed by atoms with Crippen LogP contribution in [0, 0.1) is 6.92 Å². The highest BCUT2D eigenvalue weighted by atomic mass is 35.5. The minimum atomic E-state index is -0.250. The van der Waals surface area contributed by atoms with E-state index in [0.29, 0.717) is 27.5 Å². The molecule has 0 aliphatic rings. The molecule has 7 heteroatoms. The SMILES string of the molecule is COc1cc2ccccc2cc1C(=O)Nc1cc2nn(-c3ccc(Cl)cc3)nc2cc1C. The molecule has 5 rings (SSSR count). The van der Waals surface area contributed by atoms with Crippen molar-refractivity contribution in [2.75, 3.05) is 12.4 Å². The number of rotatable bonds is 4. The van der Waals surface area contributed by atoms with E-state index in [0.717, 1.165) is 27.5 Å². The monoisotopic (exact) mass is 442 g/mol. The van der Waals surface area contributed by atoms with Crippen molar-refractivity contribution in [1.82, 2.24) is 15.0 Å². The number of hydrogen-bond acceptors (Lipinski definition) is 4. The lowest BCUT2D eigenvalue weighted by Gasteiger charge is -2.12. The summed E-state index contributed by atoms with van der Waals surface area (Å²) in [5, 5.41) is 14.7. The number of methoxy groups -OCH3 is 1. The van der Waals surface area contributed by atoms with Crippen LogP contribution >= 0.6 is 11.6 Å². The van der Waals surface area contributed by atoms with Gasteiger partial charge in [-0.25, -0.2) is 0 Å². The molecule has 0 atom stereocenters. The van der Waals surface area contributed by atoms with Crippen LogP contribution < -0.4 is 10.1 Å². The van der Waals surface area contributed by atoms with Crippen LogP contribution in [0.2, 0.25) is 5.02 Å². The zero-order valence-electron chi connectivity index (χ0n) is 17.5. The molecule has 5 aromatic rings. The third kappa shape index (κ3) is 3.65. The van der Waals surface area contributed by atoms with E-state index in [4.69, 9.17) is 16.3 Å². The molecule has 1 heterocycles. The first-order chi connectivity index (χ1) is 15.5. The summed E-state index contributed by atoms with van der Waals surface area (Å²) >= 11 is 5.97. The lowest BCUT2D eigenvalue weighted by atomic mass is 10.0. The van der Waals surface area contributed by atoms with Crippen LogP contribution in [0.5, 0.6) is 5.75 Å². The summed E-state index contributed by atoms with van der Waals surface area (Å²) in [5.41, 5.74) is 4.23. The Bertz CT molecular complexity index is 1480. The summed E-state index contributed by atoms with van der Waals surface area (Å²) in [6.45, 7) is 1.92. The second kappa shape index (κ2) is 7.98. The lowest BCUT2D eigenvalue weighted by Crippen LogP contribution is -2.14. The fourth-order valence-corrected chi connectivity index (χ4v) is 3.77. The van der Waals surface area contributed by atoms with Gasteiger partial charge in [-0.15, -0.1) is 10.2 Å². The predicted molar refractivity (Wildman–Crippen MR) is 127 cm³/mol. The highest BCUT2D eigenvalue weighted by molar-refractivity contribution is 6.30. The van der Waals surface area contributed by atoms with Crippen molar-refractivity contribution in [3.63, 3.8) is 0 Å². The molecule has 0 unspecified atom stereocenters. The van der Waals surface area contributed by atoms with Crippen LogP contribution in [-0.2, 0) is 0 Å². The fourth-order valence-electron chi connectivity index (χ4n) is 3.65. The smallest absolute Gasteiger partial charge is 0.259 e. The van der Waals surface area contributed by atoms with E-state index in [2.05, 4.69) is 15.5 Å². The number of carbonyl (C=O) groups excluding carboxylic acids is 1. The van der Waals surface area contributed by atoms with Crippen LogP contribution in [0.3, 0.4) is 0 Å². The van der Waals surface area contributed by atoms with Crippen molar-refractivity contribution in [3.05, 3.63) is 88.9 Å². The highest BCUT2D eigenvalue weighted by Crippen LogP contribution is 2.28. The number of aromatic nitrogens is 3. The van der Waals surface area contributed by atoms with Crippen LogP contribution in [0.1, 0.15) is 15.9 Å². The Morgan fingerprint density at radius 1 is 0.938 bits per heavy atom. The van der Waals surface area contributed by atoms with Crippen LogP contribution in [0.15, 0.2) is 72.8 Å². The van der Waals surface area contributed by atoms with E-state index < -0.39 is 0 Å². The molecule has 0 saturated heterocycles. The van der Waals surface area contributed by atoms with Crippen LogP contribution in [-0.4, -0.2) is 28.0 Å². The first kappa shape index (κ1) is 20.0. The molecule has 0 aliphatic carbocycles. The maximum absolute atomic E-state index is 13.1. The average Bonchev–Trinajstić information content (AvgIpc) is 3.21. The minimum Gasteiger partial charge on any atom is -0.496 e. The number of amides is 1. The number of carbonyl (C=O) groups is 1. The maximum atomic E-state index is 13.1. The third-order valence-electron chi connectivity index (χ3n) is 5.34. The number of aryl methyl sites for hydroxylation is 1. The Morgan fingerprint density at radius 3 is 2.28 bits per heavy atom. The molecule has 0 radical (unpaired) electrons. The first-order valence-corrected chi connectivity index (χ1v) is 10.4.